The predicted molar refractivity (Wildman–Crippen MR) is 114 cm³/mol. The number of thiazole rings is 1. The van der Waals surface area contributed by atoms with E-state index in [0.29, 0.717) is 10.4 Å². The third-order valence-corrected chi connectivity index (χ3v) is 5.18. The molecule has 0 aliphatic carbocycles. The Bertz CT molecular complexity index is 1450. The van der Waals surface area contributed by atoms with E-state index in [1.807, 2.05) is 6.07 Å². The largest absolute Gasteiger partial charge is 0.422 e. The maximum absolute atomic E-state index is 13.7. The first kappa shape index (κ1) is 19.9. The summed E-state index contributed by atoms with van der Waals surface area (Å²) in [5.74, 6) is -0.473. The molecule has 8 nitrogen and oxygen atoms in total. The summed E-state index contributed by atoms with van der Waals surface area (Å²) in [5, 5.41) is 25.4. The van der Waals surface area contributed by atoms with Crippen LogP contribution in [-0.4, -0.2) is 9.91 Å². The number of non-ortho nitro benzene ring substituents is 1. The van der Waals surface area contributed by atoms with Gasteiger partial charge in [0.2, 0.25) is 0 Å². The molecule has 0 radical (unpaired) electrons. The Hall–Kier alpha value is -4.36. The van der Waals surface area contributed by atoms with Crippen LogP contribution in [0.2, 0.25) is 0 Å². The molecule has 0 aliphatic rings. The van der Waals surface area contributed by atoms with Gasteiger partial charge in [-0.25, -0.2) is 14.2 Å². The van der Waals surface area contributed by atoms with E-state index in [1.165, 1.54) is 42.6 Å². The quantitative estimate of drug-likeness (QED) is 0.204. The molecule has 1 N–H and O–H groups in total. The molecular weight excluding hydrogens is 423 g/mol. The number of fused-ring (bicyclic) bond motifs is 1. The van der Waals surface area contributed by atoms with Crippen LogP contribution in [-0.2, 0) is 0 Å². The fraction of sp³-hybridized carbons (Fsp3) is 0. The number of allylic oxidation sites excluding steroid dienone is 1. The lowest BCUT2D eigenvalue weighted by Crippen LogP contribution is -2.03. The van der Waals surface area contributed by atoms with Crippen molar-refractivity contribution in [3.05, 3.63) is 91.5 Å². The topological polar surface area (TPSA) is 122 Å². The van der Waals surface area contributed by atoms with Gasteiger partial charge in [-0.2, -0.15) is 5.26 Å². The molecule has 0 saturated heterocycles. The highest BCUT2D eigenvalue weighted by Gasteiger charge is 2.15. The maximum Gasteiger partial charge on any atom is 0.345 e. The zero-order chi connectivity index (χ0) is 22.0. The van der Waals surface area contributed by atoms with Gasteiger partial charge < -0.3 is 9.73 Å². The van der Waals surface area contributed by atoms with Gasteiger partial charge in [-0.05, 0) is 24.3 Å². The third kappa shape index (κ3) is 4.03. The summed E-state index contributed by atoms with van der Waals surface area (Å²) in [6, 6.07) is 13.4. The Kier molecular flexibility index (Phi) is 5.26. The van der Waals surface area contributed by atoms with E-state index < -0.39 is 16.4 Å². The molecule has 4 aromatic rings. The van der Waals surface area contributed by atoms with Crippen molar-refractivity contribution in [2.45, 2.75) is 0 Å². The molecule has 0 atom stereocenters. The highest BCUT2D eigenvalue weighted by molar-refractivity contribution is 7.11. The van der Waals surface area contributed by atoms with E-state index in [4.69, 9.17) is 4.42 Å². The third-order valence-electron chi connectivity index (χ3n) is 4.30. The second-order valence-corrected chi connectivity index (χ2v) is 7.12. The fourth-order valence-electron chi connectivity index (χ4n) is 2.79. The summed E-state index contributed by atoms with van der Waals surface area (Å²) in [6.07, 6.45) is 1.33. The number of halogens is 1. The first-order valence-corrected chi connectivity index (χ1v) is 9.64. The summed E-state index contributed by atoms with van der Waals surface area (Å²) in [5.41, 5.74) is 0.111. The monoisotopic (exact) mass is 434 g/mol. The second-order valence-electron chi connectivity index (χ2n) is 6.26. The lowest BCUT2D eigenvalue weighted by molar-refractivity contribution is -0.384. The molecule has 0 spiro atoms. The van der Waals surface area contributed by atoms with Gasteiger partial charge in [0.1, 0.15) is 28.1 Å². The molecule has 0 fully saturated rings. The molecule has 0 amide bonds. The number of para-hydroxylation sites is 1. The summed E-state index contributed by atoms with van der Waals surface area (Å²) in [6.45, 7) is 0. The van der Waals surface area contributed by atoms with E-state index in [-0.39, 0.29) is 33.8 Å². The van der Waals surface area contributed by atoms with Crippen molar-refractivity contribution in [2.24, 2.45) is 0 Å². The minimum atomic E-state index is -0.662. The molecule has 0 bridgehead atoms. The van der Waals surface area contributed by atoms with E-state index in [1.54, 1.807) is 17.5 Å². The average Bonchev–Trinajstić information content (AvgIpc) is 3.24. The van der Waals surface area contributed by atoms with Gasteiger partial charge in [-0.1, -0.05) is 12.1 Å². The molecule has 31 heavy (non-hydrogen) atoms. The van der Waals surface area contributed by atoms with Gasteiger partial charge >= 0.3 is 5.63 Å². The molecule has 2 aromatic heterocycles. The number of anilines is 1. The molecule has 10 heteroatoms. The number of hydrogen-bond acceptors (Lipinski definition) is 8. The van der Waals surface area contributed by atoms with Crippen molar-refractivity contribution in [2.75, 3.05) is 5.32 Å². The zero-order valence-electron chi connectivity index (χ0n) is 15.5. The molecule has 0 unspecified atom stereocenters. The van der Waals surface area contributed by atoms with Crippen LogP contribution in [0.4, 0.5) is 15.8 Å². The Labute approximate surface area is 177 Å². The molecule has 0 saturated carbocycles. The van der Waals surface area contributed by atoms with Gasteiger partial charge in [0, 0.05) is 29.1 Å². The van der Waals surface area contributed by atoms with Crippen molar-refractivity contribution >= 4 is 39.3 Å². The van der Waals surface area contributed by atoms with E-state index in [9.17, 15) is 24.6 Å². The molecule has 0 aliphatic heterocycles. The van der Waals surface area contributed by atoms with E-state index in [2.05, 4.69) is 10.3 Å². The molecule has 2 aromatic carbocycles. The van der Waals surface area contributed by atoms with E-state index >= 15 is 0 Å². The number of rotatable bonds is 5. The summed E-state index contributed by atoms with van der Waals surface area (Å²) in [7, 11) is 0. The molecule has 152 valence electrons. The first-order chi connectivity index (χ1) is 15.0. The number of nitro benzene ring substituents is 1. The highest BCUT2D eigenvalue weighted by Crippen LogP contribution is 2.28. The van der Waals surface area contributed by atoms with Crippen molar-refractivity contribution < 1.29 is 13.7 Å². The van der Waals surface area contributed by atoms with Crippen molar-refractivity contribution in [1.29, 1.82) is 5.26 Å². The highest BCUT2D eigenvalue weighted by atomic mass is 32.1. The van der Waals surface area contributed by atoms with Crippen LogP contribution < -0.4 is 10.9 Å². The summed E-state index contributed by atoms with van der Waals surface area (Å²) >= 11 is 1.11. The number of nitrogens with zero attached hydrogens (tertiary/aromatic N) is 3. The van der Waals surface area contributed by atoms with Crippen molar-refractivity contribution in [3.8, 4) is 17.3 Å². The number of benzene rings is 2. The molecular formula is C21H11FN4O4S. The minimum absolute atomic E-state index is 0.106. The first-order valence-electron chi connectivity index (χ1n) is 8.76. The van der Waals surface area contributed by atoms with Gasteiger partial charge in [-0.15, -0.1) is 11.3 Å². The number of nitrogens with one attached hydrogen (secondary N) is 1. The molecule has 2 heterocycles. The van der Waals surface area contributed by atoms with E-state index in [0.717, 1.165) is 11.3 Å². The van der Waals surface area contributed by atoms with Crippen LogP contribution >= 0.6 is 11.3 Å². The average molecular weight is 434 g/mol. The van der Waals surface area contributed by atoms with Crippen LogP contribution in [0.3, 0.4) is 0 Å². The summed E-state index contributed by atoms with van der Waals surface area (Å²) < 4.78 is 19.0. The normalized spacial score (nSPS) is 11.3. The lowest BCUT2D eigenvalue weighted by atomic mass is 10.1. The van der Waals surface area contributed by atoms with Crippen LogP contribution in [0.25, 0.3) is 27.8 Å². The SMILES string of the molecule is N#CC(=CNc1ccccc1F)c1nc(-c2cc3cc([N+](=O)[O-])ccc3oc2=O)cs1. The number of nitriles is 1. The Balaban J connectivity index is 1.69. The maximum atomic E-state index is 13.7. The number of nitro groups is 1. The minimum Gasteiger partial charge on any atom is -0.422 e. The van der Waals surface area contributed by atoms with Gasteiger partial charge in [0.25, 0.3) is 5.69 Å². The zero-order valence-corrected chi connectivity index (χ0v) is 16.4. The Morgan fingerprint density at radius 2 is 2.10 bits per heavy atom. The van der Waals surface area contributed by atoms with Crippen LogP contribution in [0.1, 0.15) is 5.01 Å². The number of aromatic nitrogens is 1. The van der Waals surface area contributed by atoms with Crippen LogP contribution in [0.5, 0.6) is 0 Å². The fourth-order valence-corrected chi connectivity index (χ4v) is 3.58. The van der Waals surface area contributed by atoms with Gasteiger partial charge in [0.15, 0.2) is 0 Å². The van der Waals surface area contributed by atoms with Crippen LogP contribution in [0.15, 0.2) is 69.3 Å². The Morgan fingerprint density at radius 1 is 1.29 bits per heavy atom. The van der Waals surface area contributed by atoms with Gasteiger partial charge in [0.05, 0.1) is 21.9 Å². The van der Waals surface area contributed by atoms with Gasteiger partial charge in [-0.3, -0.25) is 10.1 Å². The lowest BCUT2D eigenvalue weighted by Gasteiger charge is -2.02. The molecule has 4 rings (SSSR count). The predicted octanol–water partition coefficient (Wildman–Crippen LogP) is 4.94. The Morgan fingerprint density at radius 3 is 2.84 bits per heavy atom. The second kappa shape index (κ2) is 8.17. The summed E-state index contributed by atoms with van der Waals surface area (Å²) in [4.78, 5) is 27.1. The van der Waals surface area contributed by atoms with Crippen molar-refractivity contribution in [1.82, 2.24) is 4.98 Å². The van der Waals surface area contributed by atoms with Crippen molar-refractivity contribution in [3.63, 3.8) is 0 Å². The smallest absolute Gasteiger partial charge is 0.345 e. The standard InChI is InChI=1S/C21H11FN4O4S/c22-16-3-1-2-4-17(16)24-10-13(9-23)20-25-18(11-31-20)15-8-12-7-14(26(28)29)5-6-19(12)30-21(15)27/h1-8,10-11,24H. The van der Waals surface area contributed by atoms with Crippen LogP contribution in [0, 0.1) is 27.3 Å². The number of hydrogen-bond donors (Lipinski definition) is 1.